The molecule has 5 atom stereocenters. The average molecular weight is 766 g/mol. The summed E-state index contributed by atoms with van der Waals surface area (Å²) >= 11 is 6.76. The number of Topliss-reactive ketones (excluding diaryl/α,β-unsaturated/α-hetero) is 1. The highest BCUT2D eigenvalue weighted by molar-refractivity contribution is 6.21. The maximum Gasteiger partial charge on any atom is 0.330 e. The standard InChI is InChI=1S/C41H68ClN3O8/c1-4-6-7-8-9-10-11-12-13-17-26-53-40(49)31-22-25-33(42)34(27-31)43-37(47)35(36(46)30-20-23-32(51-3)24-21-30)45-38(48)39(52-5-2)44(41(45)50)28-29-18-15-14-16-19-29/h29-35,39H,4-28H2,1-3H3,(H,43,47). The number of nitrogens with one attached hydrogen (secondary N) is 1. The summed E-state index contributed by atoms with van der Waals surface area (Å²) in [4.78, 5) is 72.3. The van der Waals surface area contributed by atoms with Crippen LogP contribution in [0.2, 0.25) is 0 Å². The first-order chi connectivity index (χ1) is 25.7. The van der Waals surface area contributed by atoms with E-state index >= 15 is 0 Å². The van der Waals surface area contributed by atoms with Crippen molar-refractivity contribution in [1.82, 2.24) is 15.1 Å². The number of halogens is 1. The van der Waals surface area contributed by atoms with Crippen LogP contribution in [-0.2, 0) is 33.4 Å². The van der Waals surface area contributed by atoms with Gasteiger partial charge in [-0.25, -0.2) is 9.69 Å². The summed E-state index contributed by atoms with van der Waals surface area (Å²) < 4.78 is 17.0. The highest BCUT2D eigenvalue weighted by Gasteiger charge is 2.54. The van der Waals surface area contributed by atoms with Gasteiger partial charge in [0, 0.05) is 32.2 Å². The van der Waals surface area contributed by atoms with Gasteiger partial charge in [-0.15, -0.1) is 11.6 Å². The Bertz CT molecular complexity index is 1170. The number of ether oxygens (including phenoxy) is 3. The number of ketones is 1. The first kappa shape index (κ1) is 43.5. The van der Waals surface area contributed by atoms with E-state index in [9.17, 15) is 24.0 Å². The number of unbranched alkanes of at least 4 members (excludes halogenated alkanes) is 9. The van der Waals surface area contributed by atoms with Gasteiger partial charge in [0.25, 0.3) is 11.8 Å². The van der Waals surface area contributed by atoms with Crippen molar-refractivity contribution in [3.05, 3.63) is 0 Å². The summed E-state index contributed by atoms with van der Waals surface area (Å²) in [7, 11) is 1.65. The fraction of sp³-hybridized carbons (Fsp3) is 0.878. The van der Waals surface area contributed by atoms with Crippen LogP contribution in [0.25, 0.3) is 0 Å². The van der Waals surface area contributed by atoms with Crippen molar-refractivity contribution < 1.29 is 38.2 Å². The summed E-state index contributed by atoms with van der Waals surface area (Å²) in [5.41, 5.74) is 0. The molecule has 11 nitrogen and oxygen atoms in total. The Morgan fingerprint density at radius 2 is 1.43 bits per heavy atom. The molecule has 12 heteroatoms. The van der Waals surface area contributed by atoms with Crippen LogP contribution in [-0.4, -0.2) is 96.1 Å². The van der Waals surface area contributed by atoms with Gasteiger partial charge in [0.1, 0.15) is 0 Å². The van der Waals surface area contributed by atoms with Gasteiger partial charge in [-0.2, -0.15) is 0 Å². The fourth-order valence-electron chi connectivity index (χ4n) is 8.78. The van der Waals surface area contributed by atoms with E-state index in [1.54, 1.807) is 14.0 Å². The Morgan fingerprint density at radius 3 is 2.06 bits per heavy atom. The summed E-state index contributed by atoms with van der Waals surface area (Å²) in [6.45, 7) is 4.88. The number of alkyl halides is 1. The Hall–Kier alpha value is -2.24. The molecule has 1 heterocycles. The van der Waals surface area contributed by atoms with Crippen molar-refractivity contribution in [1.29, 1.82) is 0 Å². The molecule has 4 rings (SSSR count). The van der Waals surface area contributed by atoms with Crippen LogP contribution < -0.4 is 5.32 Å². The van der Waals surface area contributed by atoms with Crippen LogP contribution >= 0.6 is 11.6 Å². The number of hydrogen-bond acceptors (Lipinski definition) is 8. The lowest BCUT2D eigenvalue weighted by Crippen LogP contribution is -2.59. The lowest BCUT2D eigenvalue weighted by Gasteiger charge is -2.35. The second kappa shape index (κ2) is 23.0. The molecule has 1 N–H and O–H groups in total. The molecule has 1 aliphatic heterocycles. The molecule has 0 aromatic heterocycles. The number of hydrogen-bond donors (Lipinski definition) is 1. The minimum absolute atomic E-state index is 0.0238. The predicted molar refractivity (Wildman–Crippen MR) is 204 cm³/mol. The van der Waals surface area contributed by atoms with Crippen LogP contribution in [0.3, 0.4) is 0 Å². The second-order valence-corrected chi connectivity index (χ2v) is 16.5. The first-order valence-corrected chi connectivity index (χ1v) is 21.6. The van der Waals surface area contributed by atoms with Crippen LogP contribution in [0, 0.1) is 17.8 Å². The lowest BCUT2D eigenvalue weighted by molar-refractivity contribution is -0.151. The minimum Gasteiger partial charge on any atom is -0.465 e. The third-order valence-electron chi connectivity index (χ3n) is 12.0. The number of carbonyl (C=O) groups is 5. The van der Waals surface area contributed by atoms with Crippen LogP contribution in [0.15, 0.2) is 0 Å². The summed E-state index contributed by atoms with van der Waals surface area (Å²) in [5, 5.41) is 2.45. The fourth-order valence-corrected chi connectivity index (χ4v) is 9.07. The first-order valence-electron chi connectivity index (χ1n) is 21.1. The Labute approximate surface area is 323 Å². The third kappa shape index (κ3) is 12.6. The SMILES string of the molecule is CCCCCCCCCCCCOC(=O)C1CCC(Cl)C(NC(=O)C(C(=O)C2CCC(OC)CC2)N2C(=O)C(OCC)N(CC3CCCCC3)C2=O)C1. The Balaban J connectivity index is 1.39. The van der Waals surface area contributed by atoms with Crippen molar-refractivity contribution in [2.75, 3.05) is 26.9 Å². The molecular weight excluding hydrogens is 698 g/mol. The molecule has 4 fully saturated rings. The number of urea groups is 1. The van der Waals surface area contributed by atoms with E-state index in [-0.39, 0.29) is 31.0 Å². The van der Waals surface area contributed by atoms with Crippen molar-refractivity contribution in [2.45, 2.75) is 185 Å². The molecule has 53 heavy (non-hydrogen) atoms. The van der Waals surface area contributed by atoms with Crippen molar-refractivity contribution in [2.24, 2.45) is 17.8 Å². The largest absolute Gasteiger partial charge is 0.465 e. The number of esters is 1. The van der Waals surface area contributed by atoms with Crippen molar-refractivity contribution in [3.63, 3.8) is 0 Å². The van der Waals surface area contributed by atoms with Gasteiger partial charge < -0.3 is 19.5 Å². The molecule has 1 saturated heterocycles. The van der Waals surface area contributed by atoms with E-state index < -0.39 is 59.2 Å². The van der Waals surface area contributed by atoms with E-state index in [0.29, 0.717) is 51.7 Å². The van der Waals surface area contributed by atoms with Crippen molar-refractivity contribution >= 4 is 41.2 Å². The van der Waals surface area contributed by atoms with Gasteiger partial charge in [-0.3, -0.25) is 24.1 Å². The zero-order valence-electron chi connectivity index (χ0n) is 32.8. The van der Waals surface area contributed by atoms with Crippen LogP contribution in [0.1, 0.15) is 155 Å². The Kier molecular flexibility index (Phi) is 18.9. The molecule has 5 unspecified atom stereocenters. The molecule has 4 amide bonds. The summed E-state index contributed by atoms with van der Waals surface area (Å²) in [5.74, 6) is -2.92. The average Bonchev–Trinajstić information content (AvgIpc) is 3.38. The number of methoxy groups -OCH3 is 1. The monoisotopic (exact) mass is 765 g/mol. The smallest absolute Gasteiger partial charge is 0.330 e. The van der Waals surface area contributed by atoms with Gasteiger partial charge in [-0.05, 0) is 77.0 Å². The van der Waals surface area contributed by atoms with E-state index in [1.165, 1.54) is 49.8 Å². The number of nitrogens with zero attached hydrogens (tertiary/aromatic N) is 2. The van der Waals surface area contributed by atoms with E-state index in [1.807, 2.05) is 0 Å². The maximum absolute atomic E-state index is 14.3. The number of amides is 4. The van der Waals surface area contributed by atoms with Crippen LogP contribution in [0.5, 0.6) is 0 Å². The van der Waals surface area contributed by atoms with Gasteiger partial charge in [0.2, 0.25) is 6.23 Å². The van der Waals surface area contributed by atoms with Crippen molar-refractivity contribution in [3.8, 4) is 0 Å². The predicted octanol–water partition coefficient (Wildman–Crippen LogP) is 7.69. The second-order valence-electron chi connectivity index (χ2n) is 16.0. The Morgan fingerprint density at radius 1 is 0.811 bits per heavy atom. The third-order valence-corrected chi connectivity index (χ3v) is 12.6. The molecule has 0 aromatic rings. The molecule has 302 valence electrons. The number of rotatable bonds is 22. The van der Waals surface area contributed by atoms with Gasteiger partial charge in [0.05, 0.1) is 24.0 Å². The summed E-state index contributed by atoms with van der Waals surface area (Å²) in [6, 6.07) is -2.97. The highest BCUT2D eigenvalue weighted by atomic mass is 35.5. The molecular formula is C41H68ClN3O8. The van der Waals surface area contributed by atoms with Gasteiger partial charge in [0.15, 0.2) is 11.8 Å². The number of carbonyl (C=O) groups excluding carboxylic acids is 5. The molecule has 0 radical (unpaired) electrons. The van der Waals surface area contributed by atoms with E-state index in [4.69, 9.17) is 25.8 Å². The lowest BCUT2D eigenvalue weighted by atomic mass is 9.81. The zero-order chi connectivity index (χ0) is 38.2. The molecule has 3 saturated carbocycles. The minimum atomic E-state index is -1.66. The number of imide groups is 1. The normalized spacial score (nSPS) is 27.5. The highest BCUT2D eigenvalue weighted by Crippen LogP contribution is 2.34. The summed E-state index contributed by atoms with van der Waals surface area (Å²) in [6.07, 6.45) is 19.5. The molecule has 0 bridgehead atoms. The maximum atomic E-state index is 14.3. The molecule has 0 aromatic carbocycles. The van der Waals surface area contributed by atoms with Gasteiger partial charge >= 0.3 is 12.0 Å². The molecule has 4 aliphatic rings. The topological polar surface area (TPSA) is 132 Å². The quantitative estimate of drug-likeness (QED) is 0.0390. The van der Waals surface area contributed by atoms with E-state index in [0.717, 1.165) is 56.3 Å². The molecule has 3 aliphatic carbocycles. The molecule has 0 spiro atoms. The van der Waals surface area contributed by atoms with Crippen LogP contribution in [0.4, 0.5) is 4.79 Å². The van der Waals surface area contributed by atoms with Gasteiger partial charge in [-0.1, -0.05) is 84.0 Å². The van der Waals surface area contributed by atoms with E-state index in [2.05, 4.69) is 12.2 Å². The zero-order valence-corrected chi connectivity index (χ0v) is 33.6.